The summed E-state index contributed by atoms with van der Waals surface area (Å²) in [5, 5.41) is 3.60. The highest BCUT2D eigenvalue weighted by Crippen LogP contribution is 2.24. The van der Waals surface area contributed by atoms with E-state index in [4.69, 9.17) is 0 Å². The predicted molar refractivity (Wildman–Crippen MR) is 77.9 cm³/mol. The van der Waals surface area contributed by atoms with E-state index in [2.05, 4.69) is 41.0 Å². The van der Waals surface area contributed by atoms with E-state index < -0.39 is 0 Å². The summed E-state index contributed by atoms with van der Waals surface area (Å²) in [6, 6.07) is 1.24. The van der Waals surface area contributed by atoms with Crippen molar-refractivity contribution >= 4 is 0 Å². The van der Waals surface area contributed by atoms with E-state index in [1.165, 1.54) is 6.42 Å². The molecule has 0 aliphatic carbocycles. The van der Waals surface area contributed by atoms with E-state index in [1.54, 1.807) is 0 Å². The van der Waals surface area contributed by atoms with Crippen LogP contribution in [-0.2, 0) is 6.54 Å². The molecule has 1 saturated heterocycles. The van der Waals surface area contributed by atoms with Gasteiger partial charge in [0.15, 0.2) is 0 Å². The normalized spacial score (nSPS) is 28.5. The summed E-state index contributed by atoms with van der Waals surface area (Å²) in [5.41, 5.74) is 2.06. The molecule has 0 bridgehead atoms. The van der Waals surface area contributed by atoms with Gasteiger partial charge in [-0.3, -0.25) is 14.9 Å². The van der Waals surface area contributed by atoms with E-state index in [1.807, 2.05) is 19.3 Å². The van der Waals surface area contributed by atoms with Gasteiger partial charge in [-0.1, -0.05) is 13.8 Å². The van der Waals surface area contributed by atoms with Crippen LogP contribution in [0.3, 0.4) is 0 Å². The Morgan fingerprint density at radius 2 is 2.11 bits per heavy atom. The summed E-state index contributed by atoms with van der Waals surface area (Å²) in [4.78, 5) is 11.3. The highest BCUT2D eigenvalue weighted by atomic mass is 15.2. The SMILES string of the molecule is CCNC1CCN(Cc2cnc(C)cn2)C(C)C1C. The zero-order valence-corrected chi connectivity index (χ0v) is 12.6. The van der Waals surface area contributed by atoms with Crippen LogP contribution in [0.4, 0.5) is 0 Å². The maximum Gasteiger partial charge on any atom is 0.0727 e. The van der Waals surface area contributed by atoms with Gasteiger partial charge in [0, 0.05) is 37.6 Å². The minimum absolute atomic E-state index is 0.584. The molecule has 1 aromatic rings. The van der Waals surface area contributed by atoms with Gasteiger partial charge in [0.05, 0.1) is 11.4 Å². The molecular weight excluding hydrogens is 236 g/mol. The molecule has 0 saturated carbocycles. The molecule has 2 rings (SSSR count). The fourth-order valence-electron chi connectivity index (χ4n) is 2.92. The first-order valence-electron chi connectivity index (χ1n) is 7.36. The van der Waals surface area contributed by atoms with Crippen molar-refractivity contribution < 1.29 is 0 Å². The molecule has 0 radical (unpaired) electrons. The first-order chi connectivity index (χ1) is 9.11. The van der Waals surface area contributed by atoms with Crippen molar-refractivity contribution in [2.24, 2.45) is 5.92 Å². The fraction of sp³-hybridized carbons (Fsp3) is 0.733. The zero-order valence-electron chi connectivity index (χ0n) is 12.6. The summed E-state index contributed by atoms with van der Waals surface area (Å²) in [5.74, 6) is 0.673. The third-order valence-corrected chi connectivity index (χ3v) is 4.36. The highest BCUT2D eigenvalue weighted by Gasteiger charge is 2.31. The molecule has 1 aliphatic rings. The molecule has 1 N–H and O–H groups in total. The lowest BCUT2D eigenvalue weighted by atomic mass is 9.87. The monoisotopic (exact) mass is 262 g/mol. The van der Waals surface area contributed by atoms with Crippen LogP contribution in [-0.4, -0.2) is 40.0 Å². The van der Waals surface area contributed by atoms with E-state index in [9.17, 15) is 0 Å². The molecule has 2 heterocycles. The number of nitrogens with one attached hydrogen (secondary N) is 1. The molecule has 4 heteroatoms. The van der Waals surface area contributed by atoms with Gasteiger partial charge in [-0.05, 0) is 32.7 Å². The minimum Gasteiger partial charge on any atom is -0.314 e. The van der Waals surface area contributed by atoms with Crippen molar-refractivity contribution in [2.75, 3.05) is 13.1 Å². The van der Waals surface area contributed by atoms with Crippen LogP contribution in [0.1, 0.15) is 38.6 Å². The Bertz CT molecular complexity index is 390. The Morgan fingerprint density at radius 3 is 2.74 bits per heavy atom. The average Bonchev–Trinajstić information content (AvgIpc) is 2.41. The van der Waals surface area contributed by atoms with Gasteiger partial charge in [-0.2, -0.15) is 0 Å². The first-order valence-corrected chi connectivity index (χ1v) is 7.36. The lowest BCUT2D eigenvalue weighted by Gasteiger charge is -2.42. The minimum atomic E-state index is 0.584. The Kier molecular flexibility index (Phi) is 4.88. The van der Waals surface area contributed by atoms with E-state index in [0.29, 0.717) is 18.0 Å². The van der Waals surface area contributed by atoms with Crippen molar-refractivity contribution in [3.05, 3.63) is 23.8 Å². The van der Waals surface area contributed by atoms with Gasteiger partial charge in [0.2, 0.25) is 0 Å². The summed E-state index contributed by atoms with van der Waals surface area (Å²) in [7, 11) is 0. The lowest BCUT2D eigenvalue weighted by Crippen LogP contribution is -2.53. The van der Waals surface area contributed by atoms with Crippen LogP contribution in [0, 0.1) is 12.8 Å². The van der Waals surface area contributed by atoms with Crippen molar-refractivity contribution in [1.82, 2.24) is 20.2 Å². The van der Waals surface area contributed by atoms with Crippen LogP contribution in [0.2, 0.25) is 0 Å². The molecule has 1 fully saturated rings. The second kappa shape index (κ2) is 6.44. The number of piperidine rings is 1. The summed E-state index contributed by atoms with van der Waals surface area (Å²) in [6.45, 7) is 12.0. The topological polar surface area (TPSA) is 41.0 Å². The lowest BCUT2D eigenvalue weighted by molar-refractivity contribution is 0.0778. The fourth-order valence-corrected chi connectivity index (χ4v) is 2.92. The molecule has 1 aromatic heterocycles. The van der Waals surface area contributed by atoms with E-state index >= 15 is 0 Å². The third-order valence-electron chi connectivity index (χ3n) is 4.36. The average molecular weight is 262 g/mol. The van der Waals surface area contributed by atoms with Gasteiger partial charge >= 0.3 is 0 Å². The molecular formula is C15H26N4. The number of likely N-dealkylation sites (tertiary alicyclic amines) is 1. The van der Waals surface area contributed by atoms with Crippen molar-refractivity contribution in [3.8, 4) is 0 Å². The number of rotatable bonds is 4. The van der Waals surface area contributed by atoms with Crippen molar-refractivity contribution in [2.45, 2.75) is 52.7 Å². The van der Waals surface area contributed by atoms with Gasteiger partial charge in [-0.25, -0.2) is 0 Å². The molecule has 4 nitrogen and oxygen atoms in total. The molecule has 19 heavy (non-hydrogen) atoms. The predicted octanol–water partition coefficient (Wildman–Crippen LogP) is 1.99. The van der Waals surface area contributed by atoms with E-state index in [0.717, 1.165) is 31.0 Å². The maximum absolute atomic E-state index is 4.47. The highest BCUT2D eigenvalue weighted by molar-refractivity contribution is 5.02. The molecule has 0 aromatic carbocycles. The largest absolute Gasteiger partial charge is 0.314 e. The standard InChI is InChI=1S/C15H26N4/c1-5-16-15-6-7-19(13(4)12(15)3)10-14-9-17-11(2)8-18-14/h8-9,12-13,15-16H,5-7,10H2,1-4H3. The number of hydrogen-bond acceptors (Lipinski definition) is 4. The smallest absolute Gasteiger partial charge is 0.0727 e. The number of nitrogens with zero attached hydrogens (tertiary/aromatic N) is 3. The quantitative estimate of drug-likeness (QED) is 0.901. The number of hydrogen-bond donors (Lipinski definition) is 1. The summed E-state index contributed by atoms with van der Waals surface area (Å²) < 4.78 is 0. The Hall–Kier alpha value is -1.00. The first kappa shape index (κ1) is 14.4. The van der Waals surface area contributed by atoms with Crippen molar-refractivity contribution in [1.29, 1.82) is 0 Å². The molecule has 3 unspecified atom stereocenters. The van der Waals surface area contributed by atoms with Crippen LogP contribution in [0.5, 0.6) is 0 Å². The van der Waals surface area contributed by atoms with Crippen LogP contribution < -0.4 is 5.32 Å². The van der Waals surface area contributed by atoms with Crippen LogP contribution >= 0.6 is 0 Å². The van der Waals surface area contributed by atoms with E-state index in [-0.39, 0.29) is 0 Å². The zero-order chi connectivity index (χ0) is 13.8. The third kappa shape index (κ3) is 3.51. The van der Waals surface area contributed by atoms with Gasteiger partial charge in [0.25, 0.3) is 0 Å². The molecule has 3 atom stereocenters. The Labute approximate surface area is 116 Å². The second-order valence-electron chi connectivity index (χ2n) is 5.67. The van der Waals surface area contributed by atoms with Crippen LogP contribution in [0.15, 0.2) is 12.4 Å². The summed E-state index contributed by atoms with van der Waals surface area (Å²) in [6.07, 6.45) is 4.98. The van der Waals surface area contributed by atoms with Crippen molar-refractivity contribution in [3.63, 3.8) is 0 Å². The molecule has 0 spiro atoms. The van der Waals surface area contributed by atoms with Crippen LogP contribution in [0.25, 0.3) is 0 Å². The molecule has 0 amide bonds. The summed E-state index contributed by atoms with van der Waals surface area (Å²) >= 11 is 0. The molecule has 106 valence electrons. The van der Waals surface area contributed by atoms with Gasteiger partial charge in [0.1, 0.15) is 0 Å². The molecule has 1 aliphatic heterocycles. The maximum atomic E-state index is 4.47. The Balaban J connectivity index is 1.97. The number of aromatic nitrogens is 2. The van der Waals surface area contributed by atoms with Gasteiger partial charge < -0.3 is 5.32 Å². The Morgan fingerprint density at radius 1 is 1.32 bits per heavy atom. The van der Waals surface area contributed by atoms with Gasteiger partial charge in [-0.15, -0.1) is 0 Å². The number of aryl methyl sites for hydroxylation is 1. The second-order valence-corrected chi connectivity index (χ2v) is 5.67.